The van der Waals surface area contributed by atoms with E-state index >= 15 is 0 Å². The first-order chi connectivity index (χ1) is 8.17. The standard InChI is InChI=1S/C14H16O3/c1-17-10-3-2-9-4-6-14(12(9)8-10)7-5-11(14)13(15)16/h2-3,8,11H,4-7H2,1H3,(H,15,16). The Hall–Kier alpha value is -1.51. The highest BCUT2D eigenvalue weighted by Crippen LogP contribution is 2.56. The lowest BCUT2D eigenvalue weighted by Crippen LogP contribution is -2.46. The lowest BCUT2D eigenvalue weighted by atomic mass is 9.57. The van der Waals surface area contributed by atoms with E-state index in [1.807, 2.05) is 12.1 Å². The predicted molar refractivity (Wildman–Crippen MR) is 63.4 cm³/mol. The molecule has 0 bridgehead atoms. The van der Waals surface area contributed by atoms with E-state index in [1.54, 1.807) is 7.11 Å². The topological polar surface area (TPSA) is 46.5 Å². The fourth-order valence-corrected chi connectivity index (χ4v) is 3.48. The normalized spacial score (nSPS) is 29.8. The highest BCUT2D eigenvalue weighted by molar-refractivity contribution is 5.75. The van der Waals surface area contributed by atoms with Gasteiger partial charge in [0.15, 0.2) is 0 Å². The van der Waals surface area contributed by atoms with Gasteiger partial charge in [-0.2, -0.15) is 0 Å². The number of methoxy groups -OCH3 is 1. The molecule has 1 N–H and O–H groups in total. The third-order valence-electron chi connectivity index (χ3n) is 4.54. The number of benzene rings is 1. The quantitative estimate of drug-likeness (QED) is 0.851. The first kappa shape index (κ1) is 10.6. The van der Waals surface area contributed by atoms with Crippen molar-refractivity contribution >= 4 is 5.97 Å². The molecule has 90 valence electrons. The second-order valence-corrected chi connectivity index (χ2v) is 5.11. The van der Waals surface area contributed by atoms with Gasteiger partial charge in [-0.15, -0.1) is 0 Å². The van der Waals surface area contributed by atoms with E-state index in [4.69, 9.17) is 4.74 Å². The molecular formula is C14H16O3. The lowest BCUT2D eigenvalue weighted by Gasteiger charge is -2.45. The van der Waals surface area contributed by atoms with Crippen molar-refractivity contribution in [2.24, 2.45) is 5.92 Å². The summed E-state index contributed by atoms with van der Waals surface area (Å²) in [4.78, 5) is 11.3. The largest absolute Gasteiger partial charge is 0.497 e. The minimum absolute atomic E-state index is 0.101. The van der Waals surface area contributed by atoms with Crippen molar-refractivity contribution in [1.82, 2.24) is 0 Å². The molecule has 2 aliphatic rings. The number of carboxylic acid groups (broad SMARTS) is 1. The summed E-state index contributed by atoms with van der Waals surface area (Å²) in [5.41, 5.74) is 2.42. The summed E-state index contributed by atoms with van der Waals surface area (Å²) < 4.78 is 5.25. The summed E-state index contributed by atoms with van der Waals surface area (Å²) in [5, 5.41) is 9.28. The fraction of sp³-hybridized carbons (Fsp3) is 0.500. The number of carboxylic acids is 1. The number of ether oxygens (including phenoxy) is 1. The Labute approximate surface area is 100 Å². The van der Waals surface area contributed by atoms with Crippen LogP contribution in [-0.4, -0.2) is 18.2 Å². The molecule has 0 aromatic heterocycles. The van der Waals surface area contributed by atoms with Crippen molar-refractivity contribution in [3.63, 3.8) is 0 Å². The van der Waals surface area contributed by atoms with Crippen LogP contribution in [0.4, 0.5) is 0 Å². The van der Waals surface area contributed by atoms with Gasteiger partial charge in [-0.25, -0.2) is 0 Å². The van der Waals surface area contributed by atoms with E-state index in [0.717, 1.165) is 31.4 Å². The van der Waals surface area contributed by atoms with Crippen LogP contribution < -0.4 is 4.74 Å². The SMILES string of the molecule is COc1ccc2c(c1)C1(CC2)CCC1C(=O)O. The van der Waals surface area contributed by atoms with Crippen LogP contribution in [0.1, 0.15) is 30.4 Å². The molecule has 3 heteroatoms. The molecule has 0 radical (unpaired) electrons. The van der Waals surface area contributed by atoms with Gasteiger partial charge in [0.2, 0.25) is 0 Å². The van der Waals surface area contributed by atoms with Crippen molar-refractivity contribution in [2.45, 2.75) is 31.1 Å². The second-order valence-electron chi connectivity index (χ2n) is 5.11. The summed E-state index contributed by atoms with van der Waals surface area (Å²) in [6.07, 6.45) is 3.80. The average molecular weight is 232 g/mol. The van der Waals surface area contributed by atoms with Crippen molar-refractivity contribution < 1.29 is 14.6 Å². The smallest absolute Gasteiger partial charge is 0.307 e. The molecule has 2 unspecified atom stereocenters. The molecule has 3 rings (SSSR count). The average Bonchev–Trinajstić information content (AvgIpc) is 2.66. The maximum Gasteiger partial charge on any atom is 0.307 e. The fourth-order valence-electron chi connectivity index (χ4n) is 3.48. The van der Waals surface area contributed by atoms with Gasteiger partial charge in [-0.1, -0.05) is 6.07 Å². The van der Waals surface area contributed by atoms with Crippen molar-refractivity contribution in [3.8, 4) is 5.75 Å². The van der Waals surface area contributed by atoms with Gasteiger partial charge in [0.05, 0.1) is 13.0 Å². The number of hydrogen-bond acceptors (Lipinski definition) is 2. The Morgan fingerprint density at radius 3 is 2.88 bits per heavy atom. The van der Waals surface area contributed by atoms with Crippen LogP contribution in [0.15, 0.2) is 18.2 Å². The maximum absolute atomic E-state index is 11.3. The van der Waals surface area contributed by atoms with Gasteiger partial charge in [-0.05, 0) is 48.9 Å². The first-order valence-electron chi connectivity index (χ1n) is 6.07. The highest BCUT2D eigenvalue weighted by Gasteiger charge is 2.54. The molecule has 1 spiro atoms. The van der Waals surface area contributed by atoms with Gasteiger partial charge < -0.3 is 9.84 Å². The Morgan fingerprint density at radius 2 is 2.29 bits per heavy atom. The van der Waals surface area contributed by atoms with Gasteiger partial charge >= 0.3 is 5.97 Å². The van der Waals surface area contributed by atoms with E-state index in [0.29, 0.717) is 0 Å². The van der Waals surface area contributed by atoms with Gasteiger partial charge in [0.25, 0.3) is 0 Å². The zero-order chi connectivity index (χ0) is 12.0. The zero-order valence-corrected chi connectivity index (χ0v) is 9.90. The molecule has 0 amide bonds. The summed E-state index contributed by atoms with van der Waals surface area (Å²) in [6, 6.07) is 6.09. The number of aryl methyl sites for hydroxylation is 1. The van der Waals surface area contributed by atoms with E-state index in [9.17, 15) is 9.90 Å². The van der Waals surface area contributed by atoms with Crippen LogP contribution in [0.2, 0.25) is 0 Å². The van der Waals surface area contributed by atoms with Crippen LogP contribution in [0.25, 0.3) is 0 Å². The molecule has 1 saturated carbocycles. The van der Waals surface area contributed by atoms with E-state index in [-0.39, 0.29) is 11.3 Å². The minimum Gasteiger partial charge on any atom is -0.497 e. The molecule has 3 nitrogen and oxygen atoms in total. The van der Waals surface area contributed by atoms with Crippen LogP contribution in [-0.2, 0) is 16.6 Å². The molecule has 0 saturated heterocycles. The Bertz CT molecular complexity index is 480. The van der Waals surface area contributed by atoms with Crippen molar-refractivity contribution in [1.29, 1.82) is 0 Å². The third kappa shape index (κ3) is 1.31. The molecular weight excluding hydrogens is 216 g/mol. The third-order valence-corrected chi connectivity index (χ3v) is 4.54. The van der Waals surface area contributed by atoms with Crippen molar-refractivity contribution in [2.75, 3.05) is 7.11 Å². The van der Waals surface area contributed by atoms with E-state index in [1.165, 1.54) is 11.1 Å². The Morgan fingerprint density at radius 1 is 1.47 bits per heavy atom. The Balaban J connectivity index is 2.05. The van der Waals surface area contributed by atoms with E-state index in [2.05, 4.69) is 6.07 Å². The molecule has 0 heterocycles. The molecule has 1 aromatic carbocycles. The van der Waals surface area contributed by atoms with Crippen LogP contribution >= 0.6 is 0 Å². The Kier molecular flexibility index (Phi) is 2.18. The predicted octanol–water partition coefficient (Wildman–Crippen LogP) is 2.37. The summed E-state index contributed by atoms with van der Waals surface area (Å²) in [6.45, 7) is 0. The number of rotatable bonds is 2. The molecule has 1 fully saturated rings. The second kappa shape index (κ2) is 3.49. The number of hydrogen-bond donors (Lipinski definition) is 1. The molecule has 1 aromatic rings. The van der Waals surface area contributed by atoms with Gasteiger partial charge in [-0.3, -0.25) is 4.79 Å². The van der Waals surface area contributed by atoms with Gasteiger partial charge in [0, 0.05) is 5.41 Å². The highest BCUT2D eigenvalue weighted by atomic mass is 16.5. The maximum atomic E-state index is 11.3. The van der Waals surface area contributed by atoms with Crippen LogP contribution in [0.5, 0.6) is 5.75 Å². The lowest BCUT2D eigenvalue weighted by molar-refractivity contribution is -0.149. The zero-order valence-electron chi connectivity index (χ0n) is 9.90. The van der Waals surface area contributed by atoms with Crippen molar-refractivity contribution in [3.05, 3.63) is 29.3 Å². The van der Waals surface area contributed by atoms with E-state index < -0.39 is 5.97 Å². The molecule has 17 heavy (non-hydrogen) atoms. The molecule has 2 atom stereocenters. The summed E-state index contributed by atoms with van der Waals surface area (Å²) >= 11 is 0. The number of aliphatic carboxylic acids is 1. The molecule has 2 aliphatic carbocycles. The summed E-state index contributed by atoms with van der Waals surface area (Å²) in [5.74, 6) is -0.0103. The van der Waals surface area contributed by atoms with Gasteiger partial charge in [0.1, 0.15) is 5.75 Å². The summed E-state index contributed by atoms with van der Waals surface area (Å²) in [7, 11) is 1.65. The monoisotopic (exact) mass is 232 g/mol. The van der Waals surface area contributed by atoms with Crippen LogP contribution in [0, 0.1) is 5.92 Å². The van der Waals surface area contributed by atoms with Crippen LogP contribution in [0.3, 0.4) is 0 Å². The number of fused-ring (bicyclic) bond motifs is 2. The first-order valence-corrected chi connectivity index (χ1v) is 6.07. The molecule has 0 aliphatic heterocycles. The minimum atomic E-state index is -0.646. The number of carbonyl (C=O) groups is 1.